The fraction of sp³-hybridized carbons (Fsp3) is 0.381. The molecule has 0 aliphatic carbocycles. The van der Waals surface area contributed by atoms with E-state index in [1.54, 1.807) is 30.3 Å². The van der Waals surface area contributed by atoms with E-state index in [-0.39, 0.29) is 18.1 Å². The molecule has 5 atom stereocenters. The molecule has 3 heterocycles. The molecule has 6 N–H and O–H groups in total. The van der Waals surface area contributed by atoms with E-state index in [0.717, 1.165) is 0 Å². The molecule has 180 valence electrons. The molecule has 13 heteroatoms. The Kier molecular flexibility index (Phi) is 7.38. The van der Waals surface area contributed by atoms with Crippen LogP contribution in [0, 0.1) is 0 Å². The lowest BCUT2D eigenvalue weighted by Gasteiger charge is -2.16. The first kappa shape index (κ1) is 24.0. The molecule has 0 bridgehead atoms. The summed E-state index contributed by atoms with van der Waals surface area (Å²) >= 11 is 1.37. The van der Waals surface area contributed by atoms with Crippen LogP contribution in [0.3, 0.4) is 0 Å². The zero-order valence-corrected chi connectivity index (χ0v) is 18.7. The van der Waals surface area contributed by atoms with Crippen molar-refractivity contribution in [2.24, 2.45) is 5.73 Å². The van der Waals surface area contributed by atoms with Gasteiger partial charge in [0.2, 0.25) is 0 Å². The Morgan fingerprint density at radius 2 is 1.94 bits per heavy atom. The van der Waals surface area contributed by atoms with Gasteiger partial charge in [0.1, 0.15) is 24.6 Å². The van der Waals surface area contributed by atoms with Crippen molar-refractivity contribution in [1.82, 2.24) is 19.5 Å². The van der Waals surface area contributed by atoms with E-state index in [1.165, 1.54) is 29.0 Å². The lowest BCUT2D eigenvalue weighted by molar-refractivity contribution is -0.138. The fourth-order valence-electron chi connectivity index (χ4n) is 3.53. The number of aliphatic carboxylic acids is 1. The van der Waals surface area contributed by atoms with Gasteiger partial charge in [-0.25, -0.2) is 15.0 Å². The number of aliphatic hydroxyl groups excluding tert-OH is 2. The minimum atomic E-state index is -1.25. The molecule has 1 aliphatic heterocycles. The van der Waals surface area contributed by atoms with E-state index < -0.39 is 36.6 Å². The standard InChI is InChI=1S/C21H24N6O6S/c22-12(21(31)32)6-7-34-8-13-15(28)16(29)20(33-13)27-10-25-14-17(23-9-24-18(14)27)26-19(30)11-4-2-1-3-5-11/h1-5,9-10,12-13,15-16,20,28-29H,6-8,22H2,(H,31,32)(H,23,24,26,30)/t12-,13-,15-,16-,20-/m1/s1. The average molecular weight is 489 g/mol. The topological polar surface area (TPSA) is 186 Å². The van der Waals surface area contributed by atoms with Crippen molar-refractivity contribution in [3.8, 4) is 0 Å². The van der Waals surface area contributed by atoms with Gasteiger partial charge in [-0.1, -0.05) is 18.2 Å². The van der Waals surface area contributed by atoms with Crippen molar-refractivity contribution in [3.63, 3.8) is 0 Å². The minimum absolute atomic E-state index is 0.201. The second-order valence-corrected chi connectivity index (χ2v) is 8.87. The molecule has 0 saturated carbocycles. The molecular weight excluding hydrogens is 464 g/mol. The number of carbonyl (C=O) groups is 2. The number of anilines is 1. The van der Waals surface area contributed by atoms with Crippen LogP contribution in [0.2, 0.25) is 0 Å². The monoisotopic (exact) mass is 488 g/mol. The third kappa shape index (κ3) is 5.03. The zero-order chi connectivity index (χ0) is 24.2. The molecule has 1 amide bonds. The molecule has 2 aromatic heterocycles. The number of nitrogens with two attached hydrogens (primary N) is 1. The SMILES string of the molecule is N[C@H](CCSC[C@H]1O[C@@H](n2cnc3c(NC(=O)c4ccccc4)ncnc32)[C@H](O)[C@@H]1O)C(=O)O. The molecule has 12 nitrogen and oxygen atoms in total. The third-order valence-corrected chi connectivity index (χ3v) is 6.50. The number of hydrogen-bond acceptors (Lipinski definition) is 10. The van der Waals surface area contributed by atoms with Gasteiger partial charge in [-0.15, -0.1) is 0 Å². The molecule has 0 spiro atoms. The Morgan fingerprint density at radius 3 is 2.68 bits per heavy atom. The van der Waals surface area contributed by atoms with Crippen LogP contribution in [0.15, 0.2) is 43.0 Å². The predicted octanol–water partition coefficient (Wildman–Crippen LogP) is 0.233. The highest BCUT2D eigenvalue weighted by Gasteiger charge is 2.44. The number of carboxylic acid groups (broad SMARTS) is 1. The highest BCUT2D eigenvalue weighted by atomic mass is 32.2. The average Bonchev–Trinajstić information content (AvgIpc) is 3.39. The predicted molar refractivity (Wildman–Crippen MR) is 123 cm³/mol. The maximum atomic E-state index is 12.5. The van der Waals surface area contributed by atoms with Crippen molar-refractivity contribution < 1.29 is 29.6 Å². The fourth-order valence-corrected chi connectivity index (χ4v) is 4.62. The van der Waals surface area contributed by atoms with Crippen molar-refractivity contribution in [2.45, 2.75) is 37.0 Å². The first-order chi connectivity index (χ1) is 16.4. The maximum absolute atomic E-state index is 12.5. The number of benzene rings is 1. The first-order valence-electron chi connectivity index (χ1n) is 10.5. The number of nitrogens with one attached hydrogen (secondary N) is 1. The molecule has 1 saturated heterocycles. The summed E-state index contributed by atoms with van der Waals surface area (Å²) in [5.41, 5.74) is 6.57. The summed E-state index contributed by atoms with van der Waals surface area (Å²) in [6.45, 7) is 0. The number of hydrogen-bond donors (Lipinski definition) is 5. The van der Waals surface area contributed by atoms with Crippen LogP contribution in [0.4, 0.5) is 5.82 Å². The van der Waals surface area contributed by atoms with Crippen LogP contribution >= 0.6 is 11.8 Å². The summed E-state index contributed by atoms with van der Waals surface area (Å²) in [5, 5.41) is 32.6. The Hall–Kier alpha value is -3.10. The smallest absolute Gasteiger partial charge is 0.320 e. The molecule has 4 rings (SSSR count). The number of imidazole rings is 1. The molecule has 1 aliphatic rings. The normalized spacial score (nSPS) is 23.1. The first-order valence-corrected chi connectivity index (χ1v) is 11.6. The van der Waals surface area contributed by atoms with Crippen LogP contribution in [0.1, 0.15) is 23.0 Å². The molecular formula is C21H24N6O6S. The molecule has 1 aromatic carbocycles. The van der Waals surface area contributed by atoms with Crippen molar-refractivity contribution in [3.05, 3.63) is 48.5 Å². The van der Waals surface area contributed by atoms with Crippen LogP contribution in [-0.4, -0.2) is 82.6 Å². The summed E-state index contributed by atoms with van der Waals surface area (Å²) in [4.78, 5) is 35.9. The Morgan fingerprint density at radius 1 is 1.18 bits per heavy atom. The van der Waals surface area contributed by atoms with Gasteiger partial charge < -0.3 is 31.1 Å². The van der Waals surface area contributed by atoms with E-state index >= 15 is 0 Å². The number of amides is 1. The zero-order valence-electron chi connectivity index (χ0n) is 17.9. The largest absolute Gasteiger partial charge is 0.480 e. The van der Waals surface area contributed by atoms with Crippen LogP contribution in [0.25, 0.3) is 11.2 Å². The number of thioether (sulfide) groups is 1. The Balaban J connectivity index is 1.45. The second kappa shape index (κ2) is 10.4. The van der Waals surface area contributed by atoms with Gasteiger partial charge in [0.15, 0.2) is 23.2 Å². The van der Waals surface area contributed by atoms with E-state index in [2.05, 4.69) is 20.3 Å². The number of rotatable bonds is 9. The molecule has 34 heavy (non-hydrogen) atoms. The number of carboxylic acids is 1. The number of aliphatic hydroxyl groups is 2. The van der Waals surface area contributed by atoms with Crippen LogP contribution in [-0.2, 0) is 9.53 Å². The van der Waals surface area contributed by atoms with Gasteiger partial charge in [-0.3, -0.25) is 14.2 Å². The van der Waals surface area contributed by atoms with Gasteiger partial charge in [-0.05, 0) is 24.3 Å². The van der Waals surface area contributed by atoms with Crippen LogP contribution in [0.5, 0.6) is 0 Å². The summed E-state index contributed by atoms with van der Waals surface area (Å²) in [5.74, 6) is -0.426. The van der Waals surface area contributed by atoms with Crippen LogP contribution < -0.4 is 11.1 Å². The van der Waals surface area contributed by atoms with Gasteiger partial charge in [0.05, 0.1) is 12.4 Å². The Labute approximate surface area is 198 Å². The van der Waals surface area contributed by atoms with Gasteiger partial charge >= 0.3 is 5.97 Å². The number of carbonyl (C=O) groups excluding carboxylic acids is 1. The van der Waals surface area contributed by atoms with Crippen molar-refractivity contribution in [2.75, 3.05) is 16.8 Å². The van der Waals surface area contributed by atoms with Gasteiger partial charge in [0, 0.05) is 11.3 Å². The van der Waals surface area contributed by atoms with Crippen molar-refractivity contribution >= 4 is 40.6 Å². The number of fused-ring (bicyclic) bond motifs is 1. The number of aromatic nitrogens is 4. The highest BCUT2D eigenvalue weighted by Crippen LogP contribution is 2.33. The van der Waals surface area contributed by atoms with E-state index in [9.17, 15) is 19.8 Å². The summed E-state index contributed by atoms with van der Waals surface area (Å²) in [6, 6.07) is 7.69. The number of ether oxygens (including phenoxy) is 1. The molecule has 0 unspecified atom stereocenters. The summed E-state index contributed by atoms with van der Waals surface area (Å²) < 4.78 is 7.37. The molecule has 1 fully saturated rings. The Bertz CT molecular complexity index is 1160. The minimum Gasteiger partial charge on any atom is -0.480 e. The lowest BCUT2D eigenvalue weighted by atomic mass is 10.1. The maximum Gasteiger partial charge on any atom is 0.320 e. The highest BCUT2D eigenvalue weighted by molar-refractivity contribution is 7.99. The summed E-state index contributed by atoms with van der Waals surface area (Å²) in [6.07, 6.45) is -1.13. The summed E-state index contributed by atoms with van der Waals surface area (Å²) in [7, 11) is 0. The van der Waals surface area contributed by atoms with Crippen molar-refractivity contribution in [1.29, 1.82) is 0 Å². The van der Waals surface area contributed by atoms with Gasteiger partial charge in [-0.2, -0.15) is 11.8 Å². The second-order valence-electron chi connectivity index (χ2n) is 7.72. The molecule has 0 radical (unpaired) electrons. The lowest BCUT2D eigenvalue weighted by Crippen LogP contribution is -2.33. The van der Waals surface area contributed by atoms with E-state index in [0.29, 0.717) is 28.2 Å². The quantitative estimate of drug-likeness (QED) is 0.260. The number of nitrogens with zero attached hydrogens (tertiary/aromatic N) is 4. The molecule has 3 aromatic rings. The third-order valence-electron chi connectivity index (χ3n) is 5.41. The van der Waals surface area contributed by atoms with Gasteiger partial charge in [0.25, 0.3) is 5.91 Å². The van der Waals surface area contributed by atoms with E-state index in [1.807, 2.05) is 0 Å². The van der Waals surface area contributed by atoms with E-state index in [4.69, 9.17) is 15.6 Å².